The van der Waals surface area contributed by atoms with E-state index < -0.39 is 11.7 Å². The minimum atomic E-state index is -4.44. The lowest BCUT2D eigenvalue weighted by molar-refractivity contribution is -0.137. The first kappa shape index (κ1) is 16.6. The molecule has 2 aromatic heterocycles. The zero-order valence-electron chi connectivity index (χ0n) is 13.4. The highest BCUT2D eigenvalue weighted by molar-refractivity contribution is 6.33. The monoisotopic (exact) mass is 371 g/mol. The second kappa shape index (κ2) is 6.16. The van der Waals surface area contributed by atoms with Gasteiger partial charge in [0.15, 0.2) is 0 Å². The summed E-state index contributed by atoms with van der Waals surface area (Å²) in [5.41, 5.74) is -0.829. The lowest BCUT2D eigenvalue weighted by Gasteiger charge is -2.33. The van der Waals surface area contributed by atoms with Gasteiger partial charge in [0.2, 0.25) is 0 Å². The molecular formula is C16H17ClF3N5. The fraction of sp³-hybridized carbons (Fsp3) is 0.562. The van der Waals surface area contributed by atoms with Crippen molar-refractivity contribution in [2.24, 2.45) is 0 Å². The van der Waals surface area contributed by atoms with E-state index in [0.717, 1.165) is 62.7 Å². The zero-order valence-corrected chi connectivity index (χ0v) is 14.2. The predicted molar refractivity (Wildman–Crippen MR) is 86.8 cm³/mol. The van der Waals surface area contributed by atoms with E-state index in [-0.39, 0.29) is 10.9 Å². The summed E-state index contributed by atoms with van der Waals surface area (Å²) in [4.78, 5) is 5.94. The van der Waals surface area contributed by atoms with Gasteiger partial charge in [-0.1, -0.05) is 11.6 Å². The maximum Gasteiger partial charge on any atom is 0.417 e. The van der Waals surface area contributed by atoms with E-state index in [1.54, 1.807) is 0 Å². The van der Waals surface area contributed by atoms with E-state index in [4.69, 9.17) is 11.6 Å². The molecule has 2 aromatic rings. The van der Waals surface area contributed by atoms with Crippen LogP contribution in [0.15, 0.2) is 12.3 Å². The number of aryl methyl sites for hydroxylation is 1. The van der Waals surface area contributed by atoms with Crippen LogP contribution in [-0.4, -0.2) is 32.8 Å². The number of fused-ring (bicyclic) bond motifs is 1. The van der Waals surface area contributed by atoms with Gasteiger partial charge in [-0.25, -0.2) is 4.98 Å². The number of anilines is 1. The average Bonchev–Trinajstić information content (AvgIpc) is 3.17. The second-order valence-electron chi connectivity index (χ2n) is 6.54. The summed E-state index contributed by atoms with van der Waals surface area (Å²) in [5.74, 6) is 2.59. The number of hydrogen-bond donors (Lipinski definition) is 0. The molecule has 134 valence electrons. The van der Waals surface area contributed by atoms with Gasteiger partial charge in [0.25, 0.3) is 0 Å². The van der Waals surface area contributed by atoms with Crippen molar-refractivity contribution in [3.05, 3.63) is 34.5 Å². The molecule has 0 radical (unpaired) electrons. The van der Waals surface area contributed by atoms with Crippen LogP contribution in [0, 0.1) is 0 Å². The lowest BCUT2D eigenvalue weighted by atomic mass is 9.97. The number of halogens is 4. The molecule has 9 heteroatoms. The van der Waals surface area contributed by atoms with Crippen LogP contribution in [0.4, 0.5) is 19.0 Å². The molecule has 4 heterocycles. The largest absolute Gasteiger partial charge is 0.417 e. The van der Waals surface area contributed by atoms with E-state index in [2.05, 4.69) is 19.7 Å². The van der Waals surface area contributed by atoms with E-state index >= 15 is 0 Å². The molecule has 1 fully saturated rings. The number of piperidine rings is 1. The lowest BCUT2D eigenvalue weighted by Crippen LogP contribution is -2.36. The van der Waals surface area contributed by atoms with Crippen LogP contribution < -0.4 is 4.90 Å². The van der Waals surface area contributed by atoms with Gasteiger partial charge in [0.1, 0.15) is 17.5 Å². The predicted octanol–water partition coefficient (Wildman–Crippen LogP) is 3.68. The Kier molecular flexibility index (Phi) is 4.10. The highest BCUT2D eigenvalue weighted by Gasteiger charge is 2.33. The van der Waals surface area contributed by atoms with Crippen molar-refractivity contribution in [3.63, 3.8) is 0 Å². The van der Waals surface area contributed by atoms with Gasteiger partial charge in [-0.15, -0.1) is 10.2 Å². The van der Waals surface area contributed by atoms with E-state index in [1.165, 1.54) is 0 Å². The SMILES string of the molecule is FC(F)(F)c1cnc(N2CCCC(c3nnc4n3CCC4)C2)c(Cl)c1. The van der Waals surface area contributed by atoms with Crippen LogP contribution in [0.1, 0.15) is 42.4 Å². The maximum absolute atomic E-state index is 12.8. The van der Waals surface area contributed by atoms with Crippen molar-refractivity contribution >= 4 is 17.4 Å². The Morgan fingerprint density at radius 3 is 2.76 bits per heavy atom. The molecule has 2 aliphatic heterocycles. The topological polar surface area (TPSA) is 46.8 Å². The molecule has 1 unspecified atom stereocenters. The summed E-state index contributed by atoms with van der Waals surface area (Å²) in [7, 11) is 0. The Balaban J connectivity index is 1.57. The number of pyridine rings is 1. The van der Waals surface area contributed by atoms with Gasteiger partial charge >= 0.3 is 6.18 Å². The zero-order chi connectivity index (χ0) is 17.6. The first-order chi connectivity index (χ1) is 11.9. The van der Waals surface area contributed by atoms with Crippen LogP contribution in [0.3, 0.4) is 0 Å². The molecule has 0 aromatic carbocycles. The van der Waals surface area contributed by atoms with Crippen LogP contribution in [-0.2, 0) is 19.1 Å². The van der Waals surface area contributed by atoms with Gasteiger partial charge in [-0.2, -0.15) is 13.2 Å². The van der Waals surface area contributed by atoms with Gasteiger partial charge < -0.3 is 9.47 Å². The minimum Gasteiger partial charge on any atom is -0.355 e. The summed E-state index contributed by atoms with van der Waals surface area (Å²) in [6.07, 6.45) is 0.330. The smallest absolute Gasteiger partial charge is 0.355 e. The summed E-state index contributed by atoms with van der Waals surface area (Å²) in [5, 5.41) is 8.63. The average molecular weight is 372 g/mol. The summed E-state index contributed by atoms with van der Waals surface area (Å²) < 4.78 is 40.5. The Hall–Kier alpha value is -1.83. The van der Waals surface area contributed by atoms with Crippen molar-refractivity contribution < 1.29 is 13.2 Å². The van der Waals surface area contributed by atoms with E-state index in [9.17, 15) is 13.2 Å². The van der Waals surface area contributed by atoms with Crippen molar-refractivity contribution in [2.75, 3.05) is 18.0 Å². The Morgan fingerprint density at radius 2 is 2.00 bits per heavy atom. The standard InChI is InChI=1S/C16H17ClF3N5/c17-12-7-11(16(18,19)20)8-21-15(12)24-5-1-3-10(9-24)14-23-22-13-4-2-6-25(13)14/h7-8,10H,1-6,9H2. The van der Waals surface area contributed by atoms with Crippen LogP contribution in [0.5, 0.6) is 0 Å². The molecule has 25 heavy (non-hydrogen) atoms. The Bertz CT molecular complexity index is 789. The number of hydrogen-bond acceptors (Lipinski definition) is 4. The van der Waals surface area contributed by atoms with Gasteiger partial charge in [0, 0.05) is 38.2 Å². The molecule has 0 bridgehead atoms. The highest BCUT2D eigenvalue weighted by Crippen LogP contribution is 2.36. The highest BCUT2D eigenvalue weighted by atomic mass is 35.5. The first-order valence-corrected chi connectivity index (χ1v) is 8.71. The molecule has 0 N–H and O–H groups in total. The molecule has 0 amide bonds. The van der Waals surface area contributed by atoms with Gasteiger partial charge in [-0.3, -0.25) is 0 Å². The van der Waals surface area contributed by atoms with Crippen LogP contribution in [0.2, 0.25) is 5.02 Å². The third-order valence-electron chi connectivity index (χ3n) is 4.87. The van der Waals surface area contributed by atoms with E-state index in [1.807, 2.05) is 4.90 Å². The Morgan fingerprint density at radius 1 is 1.16 bits per heavy atom. The molecule has 0 spiro atoms. The maximum atomic E-state index is 12.8. The van der Waals surface area contributed by atoms with Gasteiger partial charge in [-0.05, 0) is 25.3 Å². The molecule has 4 rings (SSSR count). The number of nitrogens with zero attached hydrogens (tertiary/aromatic N) is 5. The van der Waals surface area contributed by atoms with Crippen molar-refractivity contribution in [1.29, 1.82) is 0 Å². The second-order valence-corrected chi connectivity index (χ2v) is 6.95. The van der Waals surface area contributed by atoms with Crippen molar-refractivity contribution in [3.8, 4) is 0 Å². The third-order valence-corrected chi connectivity index (χ3v) is 5.15. The van der Waals surface area contributed by atoms with E-state index in [0.29, 0.717) is 12.4 Å². The third kappa shape index (κ3) is 3.07. The summed E-state index contributed by atoms with van der Waals surface area (Å²) in [6, 6.07) is 0.947. The molecule has 5 nitrogen and oxygen atoms in total. The van der Waals surface area contributed by atoms with Crippen molar-refractivity contribution in [2.45, 2.75) is 44.3 Å². The molecule has 0 saturated carbocycles. The van der Waals surface area contributed by atoms with Crippen LogP contribution >= 0.6 is 11.6 Å². The normalized spacial score (nSPS) is 20.8. The molecule has 2 aliphatic rings. The van der Waals surface area contributed by atoms with Crippen molar-refractivity contribution in [1.82, 2.24) is 19.7 Å². The summed E-state index contributed by atoms with van der Waals surface area (Å²) >= 11 is 6.10. The fourth-order valence-electron chi connectivity index (χ4n) is 3.67. The number of aromatic nitrogens is 4. The molecule has 1 atom stereocenters. The minimum absolute atomic E-state index is 0.0296. The number of rotatable bonds is 2. The quantitative estimate of drug-likeness (QED) is 0.808. The van der Waals surface area contributed by atoms with Crippen LogP contribution in [0.25, 0.3) is 0 Å². The number of alkyl halides is 3. The molecular weight excluding hydrogens is 355 g/mol. The summed E-state index contributed by atoms with van der Waals surface area (Å²) in [6.45, 7) is 2.29. The first-order valence-electron chi connectivity index (χ1n) is 8.33. The molecule has 1 saturated heterocycles. The molecule has 0 aliphatic carbocycles. The van der Waals surface area contributed by atoms with Gasteiger partial charge in [0.05, 0.1) is 10.6 Å². The Labute approximate surface area is 147 Å². The fourth-order valence-corrected chi connectivity index (χ4v) is 3.96.